The Morgan fingerprint density at radius 3 is 2.60 bits per heavy atom. The maximum Gasteiger partial charge on any atom is 0.266 e. The first-order chi connectivity index (χ1) is 14.3. The van der Waals surface area contributed by atoms with Crippen LogP contribution < -0.4 is 4.72 Å². The van der Waals surface area contributed by atoms with Crippen molar-refractivity contribution in [2.24, 2.45) is 7.05 Å². The molecule has 158 valence electrons. The number of benzene rings is 1. The maximum atomic E-state index is 12.8. The van der Waals surface area contributed by atoms with Crippen molar-refractivity contribution in [1.82, 2.24) is 14.5 Å². The highest BCUT2D eigenvalue weighted by Gasteiger charge is 2.25. The van der Waals surface area contributed by atoms with E-state index >= 15 is 0 Å². The SMILES string of the molecule is Cc1nc(-c2cc(S(=O)(=O)Nc3ccccc3)cn2C)sc1C(=O)N1CCOCC1. The van der Waals surface area contributed by atoms with E-state index in [0.717, 1.165) is 0 Å². The van der Waals surface area contributed by atoms with Gasteiger partial charge in [-0.05, 0) is 25.1 Å². The van der Waals surface area contributed by atoms with Gasteiger partial charge in [-0.1, -0.05) is 18.2 Å². The van der Waals surface area contributed by atoms with Crippen LogP contribution in [0.15, 0.2) is 47.5 Å². The molecule has 3 heterocycles. The Hall–Kier alpha value is -2.69. The lowest BCUT2D eigenvalue weighted by Gasteiger charge is -2.26. The number of hydrogen-bond donors (Lipinski definition) is 1. The molecule has 0 aliphatic carbocycles. The molecular formula is C20H22N4O4S2. The quantitative estimate of drug-likeness (QED) is 0.650. The number of ether oxygens (including phenoxy) is 1. The second kappa shape index (κ2) is 8.21. The number of thiazole rings is 1. The van der Waals surface area contributed by atoms with E-state index in [1.165, 1.54) is 11.3 Å². The van der Waals surface area contributed by atoms with Gasteiger partial charge in [0.15, 0.2) is 0 Å². The molecular weight excluding hydrogens is 424 g/mol. The number of nitrogens with zero attached hydrogens (tertiary/aromatic N) is 3. The summed E-state index contributed by atoms with van der Waals surface area (Å²) in [4.78, 5) is 19.9. The van der Waals surface area contributed by atoms with Gasteiger partial charge in [-0.25, -0.2) is 13.4 Å². The zero-order valence-corrected chi connectivity index (χ0v) is 18.3. The topological polar surface area (TPSA) is 93.5 Å². The van der Waals surface area contributed by atoms with Crippen LogP contribution in [0.25, 0.3) is 10.7 Å². The Kier molecular flexibility index (Phi) is 5.63. The first kappa shape index (κ1) is 20.6. The molecule has 1 aliphatic rings. The smallest absolute Gasteiger partial charge is 0.266 e. The van der Waals surface area contributed by atoms with Gasteiger partial charge in [0.25, 0.3) is 15.9 Å². The van der Waals surface area contributed by atoms with Gasteiger partial charge < -0.3 is 14.2 Å². The van der Waals surface area contributed by atoms with Crippen LogP contribution in [0.1, 0.15) is 15.4 Å². The second-order valence-corrected chi connectivity index (χ2v) is 9.66. The Morgan fingerprint density at radius 1 is 1.20 bits per heavy atom. The number of carbonyl (C=O) groups is 1. The molecule has 4 rings (SSSR count). The minimum absolute atomic E-state index is 0.0626. The summed E-state index contributed by atoms with van der Waals surface area (Å²) in [5, 5.41) is 0.604. The van der Waals surface area contributed by atoms with E-state index in [1.807, 2.05) is 6.07 Å². The average molecular weight is 447 g/mol. The standard InChI is InChI=1S/C20H22N4O4S2/c1-14-18(20(25)24-8-10-28-11-9-24)29-19(21-14)17-12-16(13-23(17)2)30(26,27)22-15-6-4-3-5-7-15/h3-7,12-13,22H,8-11H2,1-2H3. The molecule has 3 aromatic rings. The van der Waals surface area contributed by atoms with E-state index in [0.29, 0.717) is 53.3 Å². The zero-order valence-electron chi connectivity index (χ0n) is 16.7. The molecule has 1 fully saturated rings. The summed E-state index contributed by atoms with van der Waals surface area (Å²) in [5.41, 5.74) is 1.77. The molecule has 0 bridgehead atoms. The fourth-order valence-corrected chi connectivity index (χ4v) is 5.45. The maximum absolute atomic E-state index is 12.8. The number of carbonyl (C=O) groups excluding carboxylic acids is 1. The molecule has 1 aromatic carbocycles. The Labute approximate surface area is 179 Å². The van der Waals surface area contributed by atoms with Crippen LogP contribution in [0.2, 0.25) is 0 Å². The third-order valence-corrected chi connectivity index (χ3v) is 7.34. The van der Waals surface area contributed by atoms with Crippen molar-refractivity contribution >= 4 is 33.0 Å². The van der Waals surface area contributed by atoms with E-state index in [9.17, 15) is 13.2 Å². The molecule has 8 nitrogen and oxygen atoms in total. The average Bonchev–Trinajstić information content (AvgIpc) is 3.31. The molecule has 1 saturated heterocycles. The first-order valence-corrected chi connectivity index (χ1v) is 11.7. The van der Waals surface area contributed by atoms with Crippen LogP contribution in [0.4, 0.5) is 5.69 Å². The van der Waals surface area contributed by atoms with Gasteiger partial charge in [-0.15, -0.1) is 11.3 Å². The number of anilines is 1. The van der Waals surface area contributed by atoms with Crippen molar-refractivity contribution in [3.63, 3.8) is 0 Å². The van der Waals surface area contributed by atoms with Crippen LogP contribution in [-0.4, -0.2) is 55.1 Å². The van der Waals surface area contributed by atoms with Gasteiger partial charge in [0.2, 0.25) is 0 Å². The molecule has 30 heavy (non-hydrogen) atoms. The highest BCUT2D eigenvalue weighted by molar-refractivity contribution is 7.92. The number of sulfonamides is 1. The minimum Gasteiger partial charge on any atom is -0.378 e. The van der Waals surface area contributed by atoms with Crippen LogP contribution in [-0.2, 0) is 21.8 Å². The van der Waals surface area contributed by atoms with E-state index in [2.05, 4.69) is 9.71 Å². The molecule has 1 N–H and O–H groups in total. The molecule has 0 radical (unpaired) electrons. The predicted octanol–water partition coefficient (Wildman–Crippen LogP) is 2.73. The van der Waals surface area contributed by atoms with Crippen LogP contribution in [0.3, 0.4) is 0 Å². The first-order valence-electron chi connectivity index (χ1n) is 9.44. The van der Waals surface area contributed by atoms with Crippen LogP contribution in [0.5, 0.6) is 0 Å². The highest BCUT2D eigenvalue weighted by Crippen LogP contribution is 2.31. The van der Waals surface area contributed by atoms with Crippen LogP contribution >= 0.6 is 11.3 Å². The van der Waals surface area contributed by atoms with Crippen molar-refractivity contribution in [3.05, 3.63) is 53.2 Å². The molecule has 0 spiro atoms. The molecule has 0 unspecified atom stereocenters. The Balaban J connectivity index is 1.61. The third-order valence-electron chi connectivity index (χ3n) is 4.82. The van der Waals surface area contributed by atoms with Crippen molar-refractivity contribution < 1.29 is 17.9 Å². The molecule has 2 aromatic heterocycles. The number of aromatic nitrogens is 2. The van der Waals surface area contributed by atoms with Gasteiger partial charge in [0.05, 0.1) is 24.6 Å². The molecule has 1 amide bonds. The largest absolute Gasteiger partial charge is 0.378 e. The van der Waals surface area contributed by atoms with Gasteiger partial charge in [0, 0.05) is 32.0 Å². The van der Waals surface area contributed by atoms with Gasteiger partial charge in [0.1, 0.15) is 14.8 Å². The lowest BCUT2D eigenvalue weighted by atomic mass is 10.3. The molecule has 1 aliphatic heterocycles. The van der Waals surface area contributed by atoms with Crippen molar-refractivity contribution in [1.29, 1.82) is 0 Å². The third kappa shape index (κ3) is 4.11. The summed E-state index contributed by atoms with van der Waals surface area (Å²) in [6, 6.07) is 10.3. The summed E-state index contributed by atoms with van der Waals surface area (Å²) in [7, 11) is -1.98. The fraction of sp³-hybridized carbons (Fsp3) is 0.300. The minimum atomic E-state index is -3.74. The van der Waals surface area contributed by atoms with E-state index in [1.54, 1.807) is 60.0 Å². The summed E-state index contributed by atoms with van der Waals surface area (Å²) in [6.45, 7) is 3.98. The van der Waals surface area contributed by atoms with Crippen LogP contribution in [0, 0.1) is 6.92 Å². The normalized spacial score (nSPS) is 14.7. The summed E-state index contributed by atoms with van der Waals surface area (Å²) in [5.74, 6) is -0.0626. The van der Waals surface area contributed by atoms with E-state index in [-0.39, 0.29) is 10.8 Å². The van der Waals surface area contributed by atoms with Crippen molar-refractivity contribution in [2.45, 2.75) is 11.8 Å². The van der Waals surface area contributed by atoms with Gasteiger partial charge in [-0.2, -0.15) is 0 Å². The summed E-state index contributed by atoms with van der Waals surface area (Å²) >= 11 is 1.28. The monoisotopic (exact) mass is 446 g/mol. The number of rotatable bonds is 5. The number of nitrogens with one attached hydrogen (secondary N) is 1. The number of hydrogen-bond acceptors (Lipinski definition) is 6. The Bertz CT molecular complexity index is 1160. The number of aryl methyl sites for hydroxylation is 2. The zero-order chi connectivity index (χ0) is 21.3. The number of para-hydroxylation sites is 1. The van der Waals surface area contributed by atoms with E-state index in [4.69, 9.17) is 4.74 Å². The molecule has 0 saturated carbocycles. The Morgan fingerprint density at radius 2 is 1.90 bits per heavy atom. The summed E-state index contributed by atoms with van der Waals surface area (Å²) < 4.78 is 35.1. The lowest BCUT2D eigenvalue weighted by Crippen LogP contribution is -2.40. The lowest BCUT2D eigenvalue weighted by molar-refractivity contribution is 0.0305. The summed E-state index contributed by atoms with van der Waals surface area (Å²) in [6.07, 6.45) is 1.54. The van der Waals surface area contributed by atoms with Crippen molar-refractivity contribution in [3.8, 4) is 10.7 Å². The van der Waals surface area contributed by atoms with Gasteiger partial charge in [-0.3, -0.25) is 9.52 Å². The van der Waals surface area contributed by atoms with E-state index < -0.39 is 10.0 Å². The van der Waals surface area contributed by atoms with Crippen molar-refractivity contribution in [2.75, 3.05) is 31.0 Å². The predicted molar refractivity (Wildman–Crippen MR) is 115 cm³/mol. The molecule has 10 heteroatoms. The second-order valence-electron chi connectivity index (χ2n) is 6.98. The number of morpholine rings is 1. The number of amides is 1. The fourth-order valence-electron chi connectivity index (χ4n) is 3.23. The van der Waals surface area contributed by atoms with Gasteiger partial charge >= 0.3 is 0 Å². The highest BCUT2D eigenvalue weighted by atomic mass is 32.2. The molecule has 0 atom stereocenters.